The molecule has 0 saturated heterocycles. The van der Waals surface area contributed by atoms with Gasteiger partial charge in [-0.1, -0.05) is 19.4 Å². The number of ether oxygens (including phenoxy) is 2. The second-order valence-electron chi connectivity index (χ2n) is 3.86. The molecule has 0 aliphatic rings. The largest absolute Gasteiger partial charge is 0.493 e. The summed E-state index contributed by atoms with van der Waals surface area (Å²) in [6, 6.07) is 5.45. The van der Waals surface area contributed by atoms with Crippen molar-refractivity contribution in [2.75, 3.05) is 14.2 Å². The first-order valence-corrected chi connectivity index (χ1v) is 5.65. The number of carbonyl (C=O) groups excluding carboxylic acids is 1. The van der Waals surface area contributed by atoms with E-state index in [2.05, 4.69) is 0 Å². The van der Waals surface area contributed by atoms with E-state index in [9.17, 15) is 4.79 Å². The van der Waals surface area contributed by atoms with E-state index in [4.69, 9.17) is 15.2 Å². The molecule has 0 spiro atoms. The molecule has 0 radical (unpaired) electrons. The molecule has 0 bridgehead atoms. The van der Waals surface area contributed by atoms with Crippen molar-refractivity contribution in [3.8, 4) is 11.5 Å². The lowest BCUT2D eigenvalue weighted by Gasteiger charge is -2.15. The predicted octanol–water partition coefficient (Wildman–Crippen LogP) is 2.07. The van der Waals surface area contributed by atoms with Crippen molar-refractivity contribution in [2.24, 2.45) is 5.73 Å². The highest BCUT2D eigenvalue weighted by atomic mass is 16.5. The zero-order chi connectivity index (χ0) is 12.8. The van der Waals surface area contributed by atoms with Gasteiger partial charge in [-0.15, -0.1) is 0 Å². The van der Waals surface area contributed by atoms with Crippen molar-refractivity contribution in [1.29, 1.82) is 0 Å². The van der Waals surface area contributed by atoms with Gasteiger partial charge in [-0.3, -0.25) is 4.79 Å². The first-order chi connectivity index (χ1) is 8.13. The number of rotatable bonds is 6. The summed E-state index contributed by atoms with van der Waals surface area (Å²) < 4.78 is 10.4. The molecule has 0 aliphatic heterocycles. The third-order valence-corrected chi connectivity index (χ3v) is 2.73. The predicted molar refractivity (Wildman–Crippen MR) is 66.4 cm³/mol. The van der Waals surface area contributed by atoms with Crippen LogP contribution >= 0.6 is 0 Å². The van der Waals surface area contributed by atoms with Crippen LogP contribution < -0.4 is 15.2 Å². The van der Waals surface area contributed by atoms with Gasteiger partial charge in [0.25, 0.3) is 0 Å². The molecule has 0 aromatic heterocycles. The molecule has 1 atom stereocenters. The highest BCUT2D eigenvalue weighted by Gasteiger charge is 2.18. The van der Waals surface area contributed by atoms with E-state index in [-0.39, 0.29) is 11.8 Å². The maximum absolute atomic E-state index is 11.4. The third kappa shape index (κ3) is 3.12. The summed E-state index contributed by atoms with van der Waals surface area (Å²) in [4.78, 5) is 11.4. The molecule has 1 unspecified atom stereocenters. The van der Waals surface area contributed by atoms with Gasteiger partial charge in [0, 0.05) is 0 Å². The molecule has 94 valence electrons. The fraction of sp³-hybridized carbons (Fsp3) is 0.462. The minimum absolute atomic E-state index is 0.264. The summed E-state index contributed by atoms with van der Waals surface area (Å²) in [7, 11) is 3.15. The number of benzene rings is 1. The SMILES string of the molecule is CCCC(C(N)=O)c1ccc(OC)c(OC)c1. The molecule has 4 nitrogen and oxygen atoms in total. The lowest BCUT2D eigenvalue weighted by atomic mass is 9.93. The van der Waals surface area contributed by atoms with Crippen LogP contribution in [0.4, 0.5) is 0 Å². The van der Waals surface area contributed by atoms with Crippen molar-refractivity contribution in [3.05, 3.63) is 23.8 Å². The number of hydrogen-bond acceptors (Lipinski definition) is 3. The zero-order valence-corrected chi connectivity index (χ0v) is 10.5. The van der Waals surface area contributed by atoms with Crippen LogP contribution in [0.15, 0.2) is 18.2 Å². The van der Waals surface area contributed by atoms with Crippen LogP contribution in [0.25, 0.3) is 0 Å². The van der Waals surface area contributed by atoms with Gasteiger partial charge < -0.3 is 15.2 Å². The Morgan fingerprint density at radius 1 is 1.29 bits per heavy atom. The Morgan fingerprint density at radius 3 is 2.41 bits per heavy atom. The van der Waals surface area contributed by atoms with Gasteiger partial charge in [0.1, 0.15) is 0 Å². The molecular formula is C13H19NO3. The molecule has 4 heteroatoms. The van der Waals surface area contributed by atoms with Gasteiger partial charge in [0.05, 0.1) is 20.1 Å². The second kappa shape index (κ2) is 6.13. The van der Waals surface area contributed by atoms with Gasteiger partial charge in [-0.25, -0.2) is 0 Å². The molecule has 0 saturated carbocycles. The van der Waals surface area contributed by atoms with E-state index in [1.54, 1.807) is 20.3 Å². The molecule has 17 heavy (non-hydrogen) atoms. The number of hydrogen-bond donors (Lipinski definition) is 1. The molecule has 0 fully saturated rings. The van der Waals surface area contributed by atoms with Crippen molar-refractivity contribution in [1.82, 2.24) is 0 Å². The summed E-state index contributed by atoms with van der Waals surface area (Å²) >= 11 is 0. The average Bonchev–Trinajstić information content (AvgIpc) is 2.34. The Balaban J connectivity index is 3.08. The average molecular weight is 237 g/mol. The summed E-state index contributed by atoms with van der Waals surface area (Å²) in [6.45, 7) is 2.02. The maximum Gasteiger partial charge on any atom is 0.224 e. The molecule has 0 heterocycles. The van der Waals surface area contributed by atoms with E-state index >= 15 is 0 Å². The van der Waals surface area contributed by atoms with Crippen LogP contribution in [-0.4, -0.2) is 20.1 Å². The molecule has 1 aromatic rings. The fourth-order valence-corrected chi connectivity index (χ4v) is 1.83. The Morgan fingerprint density at radius 2 is 1.94 bits per heavy atom. The smallest absolute Gasteiger partial charge is 0.224 e. The van der Waals surface area contributed by atoms with E-state index in [0.29, 0.717) is 11.5 Å². The van der Waals surface area contributed by atoms with Gasteiger partial charge in [0.15, 0.2) is 11.5 Å². The summed E-state index contributed by atoms with van der Waals surface area (Å²) in [5.74, 6) is 0.696. The summed E-state index contributed by atoms with van der Waals surface area (Å²) in [5, 5.41) is 0. The van der Waals surface area contributed by atoms with Gasteiger partial charge in [0.2, 0.25) is 5.91 Å². The highest BCUT2D eigenvalue weighted by Crippen LogP contribution is 2.32. The Bertz CT molecular complexity index is 390. The number of amides is 1. The molecular weight excluding hydrogens is 218 g/mol. The zero-order valence-electron chi connectivity index (χ0n) is 10.5. The third-order valence-electron chi connectivity index (χ3n) is 2.73. The van der Waals surface area contributed by atoms with E-state index in [1.807, 2.05) is 19.1 Å². The van der Waals surface area contributed by atoms with Gasteiger partial charge in [-0.05, 0) is 24.1 Å². The van der Waals surface area contributed by atoms with Gasteiger partial charge in [-0.2, -0.15) is 0 Å². The van der Waals surface area contributed by atoms with Crippen LogP contribution in [0.3, 0.4) is 0 Å². The Hall–Kier alpha value is -1.71. The van der Waals surface area contributed by atoms with E-state index in [1.165, 1.54) is 0 Å². The number of methoxy groups -OCH3 is 2. The standard InChI is InChI=1S/C13H19NO3/c1-4-5-10(13(14)15)9-6-7-11(16-2)12(8-9)17-3/h6-8,10H,4-5H2,1-3H3,(H2,14,15). The van der Waals surface area contributed by atoms with Crippen molar-refractivity contribution in [3.63, 3.8) is 0 Å². The normalized spacial score (nSPS) is 11.9. The van der Waals surface area contributed by atoms with Crippen molar-refractivity contribution < 1.29 is 14.3 Å². The maximum atomic E-state index is 11.4. The monoisotopic (exact) mass is 237 g/mol. The molecule has 1 aromatic carbocycles. The molecule has 1 rings (SSSR count). The lowest BCUT2D eigenvalue weighted by molar-refractivity contribution is -0.119. The number of primary amides is 1. The summed E-state index contributed by atoms with van der Waals surface area (Å²) in [6.07, 6.45) is 1.65. The van der Waals surface area contributed by atoms with E-state index < -0.39 is 0 Å². The first kappa shape index (κ1) is 13.4. The molecule has 1 amide bonds. The van der Waals surface area contributed by atoms with Crippen LogP contribution in [0, 0.1) is 0 Å². The highest BCUT2D eigenvalue weighted by molar-refractivity contribution is 5.82. The second-order valence-corrected chi connectivity index (χ2v) is 3.86. The van der Waals surface area contributed by atoms with Crippen LogP contribution in [0.1, 0.15) is 31.2 Å². The Kier molecular flexibility index (Phi) is 4.82. The lowest BCUT2D eigenvalue weighted by Crippen LogP contribution is -2.21. The van der Waals surface area contributed by atoms with Crippen LogP contribution in [0.2, 0.25) is 0 Å². The van der Waals surface area contributed by atoms with Crippen molar-refractivity contribution in [2.45, 2.75) is 25.7 Å². The quantitative estimate of drug-likeness (QED) is 0.823. The number of nitrogens with two attached hydrogens (primary N) is 1. The Labute approximate surface area is 102 Å². The summed E-state index contributed by atoms with van der Waals surface area (Å²) in [5.41, 5.74) is 6.28. The molecule has 2 N–H and O–H groups in total. The minimum Gasteiger partial charge on any atom is -0.493 e. The fourth-order valence-electron chi connectivity index (χ4n) is 1.83. The van der Waals surface area contributed by atoms with Gasteiger partial charge >= 0.3 is 0 Å². The minimum atomic E-state index is -0.306. The topological polar surface area (TPSA) is 61.6 Å². The number of carbonyl (C=O) groups is 1. The molecule has 0 aliphatic carbocycles. The van der Waals surface area contributed by atoms with E-state index in [0.717, 1.165) is 18.4 Å². The van der Waals surface area contributed by atoms with Crippen LogP contribution in [0.5, 0.6) is 11.5 Å². The van der Waals surface area contributed by atoms with Crippen LogP contribution in [-0.2, 0) is 4.79 Å². The van der Waals surface area contributed by atoms with Crippen molar-refractivity contribution >= 4 is 5.91 Å². The first-order valence-electron chi connectivity index (χ1n) is 5.65.